The smallest absolute Gasteiger partial charge is 0.255 e. The van der Waals surface area contributed by atoms with E-state index in [2.05, 4.69) is 27.8 Å². The van der Waals surface area contributed by atoms with E-state index in [1.807, 2.05) is 60.3 Å². The minimum Gasteiger partial charge on any atom is -0.367 e. The summed E-state index contributed by atoms with van der Waals surface area (Å²) >= 11 is 6.50. The molecule has 2 aromatic heterocycles. The summed E-state index contributed by atoms with van der Waals surface area (Å²) < 4.78 is 1.91. The number of hydrogen-bond acceptors (Lipinski definition) is 4. The number of carbonyl (C=O) groups is 1. The molecule has 1 saturated heterocycles. The number of hydrogen-bond donors (Lipinski definition) is 0. The van der Waals surface area contributed by atoms with Crippen LogP contribution in [0, 0.1) is 6.92 Å². The second-order valence-electron chi connectivity index (χ2n) is 9.95. The average Bonchev–Trinajstić information content (AvgIpc) is 3.18. The molecular weight excluding hydrogens is 458 g/mol. The third-order valence-corrected chi connectivity index (χ3v) is 7.85. The van der Waals surface area contributed by atoms with Crippen molar-refractivity contribution in [3.05, 3.63) is 88.8 Å². The van der Waals surface area contributed by atoms with Gasteiger partial charge in [0.25, 0.3) is 5.91 Å². The first-order chi connectivity index (χ1) is 17.0. The van der Waals surface area contributed by atoms with Gasteiger partial charge in [-0.25, -0.2) is 4.98 Å². The van der Waals surface area contributed by atoms with Gasteiger partial charge in [-0.2, -0.15) is 0 Å². The first-order valence-corrected chi connectivity index (χ1v) is 12.8. The van der Waals surface area contributed by atoms with E-state index in [1.165, 1.54) is 19.3 Å². The monoisotopic (exact) mass is 487 g/mol. The van der Waals surface area contributed by atoms with Gasteiger partial charge in [-0.3, -0.25) is 14.6 Å². The van der Waals surface area contributed by atoms with Crippen molar-refractivity contribution < 1.29 is 4.79 Å². The third kappa shape index (κ3) is 4.15. The lowest BCUT2D eigenvalue weighted by molar-refractivity contribution is -0.122. The number of carbonyl (C=O) groups excluding carboxylic acids is 1. The highest BCUT2D eigenvalue weighted by atomic mass is 35.5. The minimum absolute atomic E-state index is 0.0726. The van der Waals surface area contributed by atoms with Crippen molar-refractivity contribution in [3.8, 4) is 0 Å². The lowest BCUT2D eigenvalue weighted by Gasteiger charge is -2.48. The standard InChI is InChI=1S/C28H30ClN5O/c1-19-15-32-17-22(13-26(29)28(32)30-19)21-5-3-6-24-9-10-25(18-34(24)27(35)14-21)31-11-12-33(20(2)16-31)23-7-4-8-23/h3,5-6,9-10,13-15,17-18,20,23H,4,7-8,11-12,16H2,1-2H3/b5-3?,21-14?,24-6+/t20-/m0/s1. The zero-order valence-corrected chi connectivity index (χ0v) is 20.9. The van der Waals surface area contributed by atoms with E-state index in [0.717, 1.165) is 59.5 Å². The molecule has 7 heteroatoms. The Bertz CT molecular complexity index is 1340. The number of aryl methyl sites for hydroxylation is 1. The molecule has 4 aliphatic rings. The third-order valence-electron chi connectivity index (χ3n) is 7.57. The zero-order valence-electron chi connectivity index (χ0n) is 20.2. The predicted molar refractivity (Wildman–Crippen MR) is 140 cm³/mol. The molecule has 1 atom stereocenters. The molecule has 1 aliphatic carbocycles. The van der Waals surface area contributed by atoms with E-state index >= 15 is 0 Å². The molecule has 1 amide bonds. The fourth-order valence-electron chi connectivity index (χ4n) is 5.50. The molecular formula is C28H30ClN5O. The summed E-state index contributed by atoms with van der Waals surface area (Å²) in [6.45, 7) is 7.32. The number of aromatic nitrogens is 2. The van der Waals surface area contributed by atoms with Gasteiger partial charge in [-0.15, -0.1) is 0 Å². The van der Waals surface area contributed by atoms with E-state index in [9.17, 15) is 4.79 Å². The molecule has 0 N–H and O–H groups in total. The van der Waals surface area contributed by atoms with Crippen LogP contribution in [0.15, 0.2) is 72.5 Å². The van der Waals surface area contributed by atoms with Gasteiger partial charge in [0.2, 0.25) is 0 Å². The fourth-order valence-corrected chi connectivity index (χ4v) is 5.76. The molecule has 5 heterocycles. The van der Waals surface area contributed by atoms with Crippen LogP contribution in [0.2, 0.25) is 5.02 Å². The molecule has 6 rings (SSSR count). The molecule has 2 fully saturated rings. The fraction of sp³-hybridized carbons (Fsp3) is 0.357. The van der Waals surface area contributed by atoms with Crippen molar-refractivity contribution in [1.29, 1.82) is 0 Å². The quantitative estimate of drug-likeness (QED) is 0.615. The minimum atomic E-state index is -0.0726. The number of amides is 1. The summed E-state index contributed by atoms with van der Waals surface area (Å²) in [6.07, 6.45) is 21.7. The Hall–Kier alpha value is -3.09. The number of imidazole rings is 1. The van der Waals surface area contributed by atoms with Gasteiger partial charge in [0.1, 0.15) is 0 Å². The van der Waals surface area contributed by atoms with Crippen LogP contribution in [-0.4, -0.2) is 61.7 Å². The number of allylic oxidation sites excluding steroid dienone is 6. The van der Waals surface area contributed by atoms with E-state index in [1.54, 1.807) is 11.0 Å². The second-order valence-corrected chi connectivity index (χ2v) is 10.4. The Morgan fingerprint density at radius 3 is 2.69 bits per heavy atom. The maximum Gasteiger partial charge on any atom is 0.255 e. The molecule has 0 spiro atoms. The summed E-state index contributed by atoms with van der Waals surface area (Å²) in [6, 6.07) is 3.16. The number of pyridine rings is 1. The molecule has 35 heavy (non-hydrogen) atoms. The molecule has 180 valence electrons. The molecule has 1 saturated carbocycles. The lowest BCUT2D eigenvalue weighted by atomic mass is 9.89. The van der Waals surface area contributed by atoms with E-state index in [0.29, 0.717) is 11.1 Å². The van der Waals surface area contributed by atoms with Crippen LogP contribution in [0.5, 0.6) is 0 Å². The highest BCUT2D eigenvalue weighted by molar-refractivity contribution is 6.33. The van der Waals surface area contributed by atoms with Crippen LogP contribution in [0.3, 0.4) is 0 Å². The largest absolute Gasteiger partial charge is 0.367 e. The van der Waals surface area contributed by atoms with Crippen molar-refractivity contribution in [2.45, 2.75) is 45.2 Å². The van der Waals surface area contributed by atoms with Gasteiger partial charge in [0, 0.05) is 67.6 Å². The summed E-state index contributed by atoms with van der Waals surface area (Å²) in [4.78, 5) is 24.7. The number of rotatable bonds is 3. The maximum absolute atomic E-state index is 13.4. The van der Waals surface area contributed by atoms with Crippen LogP contribution >= 0.6 is 11.6 Å². The Labute approximate surface area is 211 Å². The first-order valence-electron chi connectivity index (χ1n) is 12.5. The van der Waals surface area contributed by atoms with Crippen LogP contribution in [0.1, 0.15) is 37.4 Å². The van der Waals surface area contributed by atoms with Crippen LogP contribution in [0.4, 0.5) is 0 Å². The summed E-state index contributed by atoms with van der Waals surface area (Å²) in [5, 5.41) is 0.564. The Morgan fingerprint density at radius 2 is 1.91 bits per heavy atom. The van der Waals surface area contributed by atoms with Crippen molar-refractivity contribution in [1.82, 2.24) is 24.1 Å². The number of piperazine rings is 1. The molecule has 2 aromatic rings. The number of fused-ring (bicyclic) bond motifs is 2. The number of halogens is 1. The molecule has 0 radical (unpaired) electrons. The van der Waals surface area contributed by atoms with E-state index in [4.69, 9.17) is 11.6 Å². The normalized spacial score (nSPS) is 24.9. The van der Waals surface area contributed by atoms with Gasteiger partial charge in [0.05, 0.1) is 16.4 Å². The van der Waals surface area contributed by atoms with Gasteiger partial charge in [-0.1, -0.05) is 30.2 Å². The van der Waals surface area contributed by atoms with Crippen molar-refractivity contribution in [2.24, 2.45) is 0 Å². The van der Waals surface area contributed by atoms with E-state index < -0.39 is 0 Å². The predicted octanol–water partition coefficient (Wildman–Crippen LogP) is 4.93. The van der Waals surface area contributed by atoms with Gasteiger partial charge < -0.3 is 9.30 Å². The molecule has 0 unspecified atom stereocenters. The summed E-state index contributed by atoms with van der Waals surface area (Å²) in [5.41, 5.74) is 5.26. The Kier molecular flexibility index (Phi) is 5.66. The highest BCUT2D eigenvalue weighted by Gasteiger charge is 2.33. The summed E-state index contributed by atoms with van der Waals surface area (Å²) in [7, 11) is 0. The molecule has 0 bridgehead atoms. The van der Waals surface area contributed by atoms with Crippen LogP contribution in [-0.2, 0) is 4.79 Å². The highest BCUT2D eigenvalue weighted by Crippen LogP contribution is 2.31. The first kappa shape index (κ1) is 22.4. The van der Waals surface area contributed by atoms with Gasteiger partial charge >= 0.3 is 0 Å². The van der Waals surface area contributed by atoms with Crippen molar-refractivity contribution in [3.63, 3.8) is 0 Å². The molecule has 0 aromatic carbocycles. The van der Waals surface area contributed by atoms with Crippen molar-refractivity contribution >= 4 is 28.7 Å². The number of nitrogens with zero attached hydrogens (tertiary/aromatic N) is 5. The Balaban J connectivity index is 1.26. The lowest BCUT2D eigenvalue weighted by Crippen LogP contribution is -2.56. The SMILES string of the molecule is Cc1cn2cc(C3=CC(=O)N4C=C(N5CCN(C6CCC6)[C@@H](C)C5)C=C/C4=C\C=C3)cc(Cl)c2n1. The average molecular weight is 488 g/mol. The van der Waals surface area contributed by atoms with Gasteiger partial charge in [0.15, 0.2) is 5.65 Å². The van der Waals surface area contributed by atoms with Crippen LogP contribution < -0.4 is 0 Å². The van der Waals surface area contributed by atoms with E-state index in [-0.39, 0.29) is 5.91 Å². The molecule has 3 aliphatic heterocycles. The topological polar surface area (TPSA) is 44.1 Å². The maximum atomic E-state index is 13.4. The van der Waals surface area contributed by atoms with Gasteiger partial charge in [-0.05, 0) is 56.6 Å². The van der Waals surface area contributed by atoms with Crippen molar-refractivity contribution in [2.75, 3.05) is 19.6 Å². The summed E-state index contributed by atoms with van der Waals surface area (Å²) in [5.74, 6) is -0.0726. The molecule has 6 nitrogen and oxygen atoms in total. The second kappa shape index (κ2) is 8.85. The zero-order chi connectivity index (χ0) is 24.1. The Morgan fingerprint density at radius 1 is 1.09 bits per heavy atom. The van der Waals surface area contributed by atoms with Crippen LogP contribution in [0.25, 0.3) is 11.2 Å².